The Morgan fingerprint density at radius 3 is 1.14 bits per heavy atom. The molecule has 0 spiro atoms. The molecule has 10 aromatic carbocycles. The van der Waals surface area contributed by atoms with Gasteiger partial charge in [0.25, 0.3) is 0 Å². The average Bonchev–Trinajstić information content (AvgIpc) is 4.02. The van der Waals surface area contributed by atoms with Crippen LogP contribution in [0.5, 0.6) is 0 Å². The predicted molar refractivity (Wildman–Crippen MR) is 273 cm³/mol. The molecule has 3 heterocycles. The first kappa shape index (κ1) is 36.5. The van der Waals surface area contributed by atoms with Crippen LogP contribution in [0.25, 0.3) is 82.5 Å². The van der Waals surface area contributed by atoms with Gasteiger partial charge < -0.3 is 13.7 Å². The first-order valence-corrected chi connectivity index (χ1v) is 24.1. The van der Waals surface area contributed by atoms with Crippen LogP contribution in [0, 0.1) is 0 Å². The molecule has 0 saturated carbocycles. The highest BCUT2D eigenvalue weighted by Crippen LogP contribution is 2.41. The monoisotopic (exact) mass is 831 g/mol. The van der Waals surface area contributed by atoms with Gasteiger partial charge in [0.05, 0.1) is 38.8 Å². The van der Waals surface area contributed by atoms with Crippen LogP contribution in [0.3, 0.4) is 0 Å². The minimum atomic E-state index is -3.22. The highest BCUT2D eigenvalue weighted by atomic mass is 28.3. The van der Waals surface area contributed by atoms with Crippen molar-refractivity contribution in [2.75, 3.05) is 0 Å². The number of para-hydroxylation sites is 5. The Hall–Kier alpha value is -8.18. The molecule has 0 unspecified atom stereocenters. The summed E-state index contributed by atoms with van der Waals surface area (Å²) in [5, 5.41) is 12.9. The van der Waals surface area contributed by atoms with Gasteiger partial charge in [0.2, 0.25) is 0 Å². The van der Waals surface area contributed by atoms with Crippen LogP contribution in [-0.4, -0.2) is 21.8 Å². The molecule has 0 aliphatic carbocycles. The highest BCUT2D eigenvalue weighted by Gasteiger charge is 2.45. The van der Waals surface area contributed by atoms with Gasteiger partial charge in [-0.05, 0) is 81.4 Å². The normalized spacial score (nSPS) is 12.1. The van der Waals surface area contributed by atoms with E-state index in [1.807, 2.05) is 0 Å². The van der Waals surface area contributed by atoms with Gasteiger partial charge in [0.15, 0.2) is 8.07 Å². The maximum atomic E-state index is 2.57. The molecule has 0 amide bonds. The van der Waals surface area contributed by atoms with Crippen LogP contribution in [0.1, 0.15) is 0 Å². The van der Waals surface area contributed by atoms with Crippen molar-refractivity contribution < 1.29 is 0 Å². The van der Waals surface area contributed by atoms with E-state index in [0.717, 1.165) is 11.4 Å². The van der Waals surface area contributed by atoms with Crippen molar-refractivity contribution in [3.05, 3.63) is 249 Å². The Balaban J connectivity index is 1.27. The molecule has 0 bridgehead atoms. The molecule has 0 radical (unpaired) electrons. The minimum Gasteiger partial charge on any atom is -0.309 e. The molecule has 13 aromatic rings. The summed E-state index contributed by atoms with van der Waals surface area (Å²) in [4.78, 5) is 0. The molecule has 0 saturated heterocycles. The molecule has 4 heteroatoms. The second kappa shape index (κ2) is 14.5. The van der Waals surface area contributed by atoms with Crippen LogP contribution < -0.4 is 20.7 Å². The number of rotatable bonds is 7. The Kier molecular flexibility index (Phi) is 8.23. The fourth-order valence-corrected chi connectivity index (χ4v) is 16.3. The van der Waals surface area contributed by atoms with E-state index in [0.29, 0.717) is 0 Å². The van der Waals surface area contributed by atoms with Gasteiger partial charge in [-0.1, -0.05) is 188 Å². The summed E-state index contributed by atoms with van der Waals surface area (Å²) in [6.07, 6.45) is 0. The summed E-state index contributed by atoms with van der Waals surface area (Å²) in [7, 11) is -3.22. The van der Waals surface area contributed by atoms with Crippen molar-refractivity contribution >= 4 is 94.2 Å². The Morgan fingerprint density at radius 2 is 0.609 bits per heavy atom. The van der Waals surface area contributed by atoms with E-state index in [1.165, 1.54) is 91.9 Å². The SMILES string of the molecule is c1ccc(-n2c3ccccc3c3c(-n4c5ccccc5c5c([Si](c6ccccc6)(c6ccccc6)c6ccccc6)c(-n6c7ccccc7c7ccccc76)ccc54)cccc32)cc1. The van der Waals surface area contributed by atoms with E-state index in [2.05, 4.69) is 262 Å². The highest BCUT2D eigenvalue weighted by molar-refractivity contribution is 7.21. The molecule has 3 nitrogen and oxygen atoms in total. The molecule has 64 heavy (non-hydrogen) atoms. The molecule has 0 N–H and O–H groups in total. The zero-order valence-electron chi connectivity index (χ0n) is 35.0. The fraction of sp³-hybridized carbons (Fsp3) is 0. The lowest BCUT2D eigenvalue weighted by atomic mass is 10.1. The van der Waals surface area contributed by atoms with E-state index >= 15 is 0 Å². The van der Waals surface area contributed by atoms with Crippen LogP contribution >= 0.6 is 0 Å². The average molecular weight is 832 g/mol. The summed E-state index contributed by atoms with van der Waals surface area (Å²) in [6.45, 7) is 0. The zero-order chi connectivity index (χ0) is 42.2. The second-order valence-electron chi connectivity index (χ2n) is 16.8. The number of benzene rings is 10. The number of aromatic nitrogens is 3. The van der Waals surface area contributed by atoms with Gasteiger partial charge in [0.1, 0.15) is 0 Å². The quantitative estimate of drug-likeness (QED) is 0.112. The third kappa shape index (κ3) is 5.15. The molecule has 0 atom stereocenters. The first-order chi connectivity index (χ1) is 31.8. The molecule has 13 rings (SSSR count). The lowest BCUT2D eigenvalue weighted by Gasteiger charge is -2.37. The van der Waals surface area contributed by atoms with Crippen molar-refractivity contribution in [1.82, 2.24) is 13.7 Å². The molecular weight excluding hydrogens is 791 g/mol. The molecule has 0 aliphatic heterocycles. The van der Waals surface area contributed by atoms with Crippen LogP contribution in [0.2, 0.25) is 0 Å². The number of hydrogen-bond acceptors (Lipinski definition) is 0. The summed E-state index contributed by atoms with van der Waals surface area (Å²) < 4.78 is 7.55. The molecular formula is C60H41N3Si. The lowest BCUT2D eigenvalue weighted by molar-refractivity contribution is 1.17. The van der Waals surface area contributed by atoms with Gasteiger partial charge in [-0.3, -0.25) is 0 Å². The van der Waals surface area contributed by atoms with E-state index < -0.39 is 8.07 Å². The number of nitrogens with zero attached hydrogens (tertiary/aromatic N) is 3. The van der Waals surface area contributed by atoms with Crippen molar-refractivity contribution in [2.45, 2.75) is 0 Å². The van der Waals surface area contributed by atoms with Gasteiger partial charge >= 0.3 is 0 Å². The van der Waals surface area contributed by atoms with Crippen LogP contribution in [0.4, 0.5) is 0 Å². The summed E-state index contributed by atoms with van der Waals surface area (Å²) in [5.41, 5.74) is 10.6. The van der Waals surface area contributed by atoms with Gasteiger partial charge in [-0.25, -0.2) is 0 Å². The first-order valence-electron chi connectivity index (χ1n) is 22.1. The Labute approximate surface area is 372 Å². The second-order valence-corrected chi connectivity index (χ2v) is 20.5. The van der Waals surface area contributed by atoms with Gasteiger partial charge in [0, 0.05) is 43.7 Å². The largest absolute Gasteiger partial charge is 0.309 e. The molecule has 0 aliphatic rings. The third-order valence-corrected chi connectivity index (χ3v) is 18.4. The van der Waals surface area contributed by atoms with E-state index in [4.69, 9.17) is 0 Å². The van der Waals surface area contributed by atoms with Crippen molar-refractivity contribution in [1.29, 1.82) is 0 Å². The number of hydrogen-bond donors (Lipinski definition) is 0. The Bertz CT molecular complexity index is 3730. The van der Waals surface area contributed by atoms with Gasteiger partial charge in [-0.2, -0.15) is 0 Å². The van der Waals surface area contributed by atoms with Crippen molar-refractivity contribution in [3.8, 4) is 17.1 Å². The summed E-state index contributed by atoms with van der Waals surface area (Å²) in [5.74, 6) is 0. The lowest BCUT2D eigenvalue weighted by Crippen LogP contribution is -2.75. The van der Waals surface area contributed by atoms with E-state index in [1.54, 1.807) is 0 Å². The minimum absolute atomic E-state index is 1.15. The summed E-state index contributed by atoms with van der Waals surface area (Å²) >= 11 is 0. The fourth-order valence-electron chi connectivity index (χ4n) is 11.1. The van der Waals surface area contributed by atoms with Crippen LogP contribution in [-0.2, 0) is 0 Å². The van der Waals surface area contributed by atoms with E-state index in [-0.39, 0.29) is 0 Å². The third-order valence-electron chi connectivity index (χ3n) is 13.6. The molecule has 3 aromatic heterocycles. The molecule has 0 fully saturated rings. The maximum Gasteiger partial charge on any atom is 0.182 e. The van der Waals surface area contributed by atoms with Crippen molar-refractivity contribution in [2.24, 2.45) is 0 Å². The maximum absolute atomic E-state index is 3.22. The topological polar surface area (TPSA) is 14.8 Å². The van der Waals surface area contributed by atoms with Crippen molar-refractivity contribution in [3.63, 3.8) is 0 Å². The van der Waals surface area contributed by atoms with E-state index in [9.17, 15) is 0 Å². The smallest absolute Gasteiger partial charge is 0.182 e. The molecule has 300 valence electrons. The predicted octanol–water partition coefficient (Wildman–Crippen LogP) is 12.4. The zero-order valence-corrected chi connectivity index (χ0v) is 36.0. The van der Waals surface area contributed by atoms with Gasteiger partial charge in [-0.15, -0.1) is 0 Å². The summed E-state index contributed by atoms with van der Waals surface area (Å²) in [6, 6.07) is 92.5. The Morgan fingerprint density at radius 1 is 0.234 bits per heavy atom. The van der Waals surface area contributed by atoms with Crippen LogP contribution in [0.15, 0.2) is 249 Å². The number of fused-ring (bicyclic) bond motifs is 9. The standard InChI is InChI=1S/C60H41N3Si/c1-5-22-42(23-6-1)61-52-36-19-15-32-48(52)58-54(61)38-21-39-55(58)63-53-37-20-16-33-49(53)59-56(63)40-41-57(62-50-34-17-13-30-46(50)47-31-14-18-35-51(47)62)60(59)64(43-24-7-2-8-25-43,44-26-9-3-10-27-44)45-28-11-4-12-29-45/h1-41H.